The van der Waals surface area contributed by atoms with E-state index in [0.29, 0.717) is 20.2 Å². The molecule has 17 heavy (non-hydrogen) atoms. The van der Waals surface area contributed by atoms with Crippen LogP contribution < -0.4 is 0 Å². The van der Waals surface area contributed by atoms with Gasteiger partial charge in [-0.1, -0.05) is 49.4 Å². The second-order valence-electron chi connectivity index (χ2n) is 4.66. The highest BCUT2D eigenvalue weighted by molar-refractivity contribution is 7.20. The molecule has 0 amide bonds. The van der Waals surface area contributed by atoms with Crippen LogP contribution in [0.5, 0.6) is 0 Å². The average Bonchev–Trinajstić information content (AvgIpc) is 2.67. The van der Waals surface area contributed by atoms with Crippen LogP contribution in [0.4, 0.5) is 0 Å². The summed E-state index contributed by atoms with van der Waals surface area (Å²) in [6.45, 7) is 2.17. The lowest BCUT2D eigenvalue weighted by atomic mass is 9.74. The second kappa shape index (κ2) is 5.73. The lowest BCUT2D eigenvalue weighted by molar-refractivity contribution is 0.0821. The molecule has 1 saturated carbocycles. The zero-order valence-electron chi connectivity index (χ0n) is 9.84. The lowest BCUT2D eigenvalue weighted by Gasteiger charge is -2.29. The first-order valence-electron chi connectivity index (χ1n) is 6.12. The van der Waals surface area contributed by atoms with Crippen LogP contribution >= 0.6 is 34.5 Å². The average molecular weight is 291 g/mol. The Morgan fingerprint density at radius 3 is 2.71 bits per heavy atom. The number of carbonyl (C=O) groups is 1. The van der Waals surface area contributed by atoms with Crippen LogP contribution in [-0.2, 0) is 0 Å². The van der Waals surface area contributed by atoms with Gasteiger partial charge in [0.15, 0.2) is 5.78 Å². The fourth-order valence-corrected chi connectivity index (χ4v) is 4.22. The maximum atomic E-state index is 12.5. The highest BCUT2D eigenvalue weighted by atomic mass is 35.5. The quantitative estimate of drug-likeness (QED) is 0.676. The van der Waals surface area contributed by atoms with Gasteiger partial charge in [0.2, 0.25) is 0 Å². The van der Waals surface area contributed by atoms with Crippen molar-refractivity contribution in [1.82, 2.24) is 0 Å². The van der Waals surface area contributed by atoms with E-state index in [1.807, 2.05) is 0 Å². The molecule has 1 aromatic heterocycles. The Kier molecular flexibility index (Phi) is 4.51. The number of Topliss-reactive ketones (excluding diaryl/α,β-unsaturated/α-hetero) is 1. The molecule has 2 unspecified atom stereocenters. The van der Waals surface area contributed by atoms with E-state index in [1.165, 1.54) is 24.2 Å². The summed E-state index contributed by atoms with van der Waals surface area (Å²) in [5, 5.41) is 0. The van der Waals surface area contributed by atoms with Crippen molar-refractivity contribution in [3.8, 4) is 0 Å². The molecule has 1 fully saturated rings. The lowest BCUT2D eigenvalue weighted by Crippen LogP contribution is -2.26. The van der Waals surface area contributed by atoms with Gasteiger partial charge in [-0.15, -0.1) is 11.3 Å². The molecule has 0 saturated heterocycles. The first-order chi connectivity index (χ1) is 8.13. The van der Waals surface area contributed by atoms with Gasteiger partial charge >= 0.3 is 0 Å². The molecular weight excluding hydrogens is 275 g/mol. The summed E-state index contributed by atoms with van der Waals surface area (Å²) in [6.07, 6.45) is 5.65. The standard InChI is InChI=1S/C13H16Cl2OS/c1-2-8-5-3-4-6-9(8)12(16)10-7-11(14)17-13(10)15/h7-9H,2-6H2,1H3. The molecule has 94 valence electrons. The third-order valence-electron chi connectivity index (χ3n) is 3.69. The molecule has 1 aliphatic carbocycles. The van der Waals surface area contributed by atoms with E-state index in [0.717, 1.165) is 19.3 Å². The summed E-state index contributed by atoms with van der Waals surface area (Å²) in [7, 11) is 0. The number of hydrogen-bond acceptors (Lipinski definition) is 2. The normalized spacial score (nSPS) is 24.9. The zero-order valence-corrected chi connectivity index (χ0v) is 12.2. The maximum absolute atomic E-state index is 12.5. The topological polar surface area (TPSA) is 17.1 Å². The van der Waals surface area contributed by atoms with Gasteiger partial charge in [-0.2, -0.15) is 0 Å². The molecular formula is C13H16Cl2OS. The van der Waals surface area contributed by atoms with Crippen molar-refractivity contribution in [2.45, 2.75) is 39.0 Å². The van der Waals surface area contributed by atoms with Crippen molar-refractivity contribution < 1.29 is 4.79 Å². The second-order valence-corrected chi connectivity index (χ2v) is 6.95. The summed E-state index contributed by atoms with van der Waals surface area (Å²) in [5.74, 6) is 0.868. The molecule has 0 aromatic carbocycles. The maximum Gasteiger partial charge on any atom is 0.168 e. The molecule has 0 N–H and O–H groups in total. The number of thiophene rings is 1. The van der Waals surface area contributed by atoms with Crippen molar-refractivity contribution in [2.75, 3.05) is 0 Å². The van der Waals surface area contributed by atoms with Crippen LogP contribution in [0.25, 0.3) is 0 Å². The molecule has 2 rings (SSSR count). The molecule has 1 heterocycles. The molecule has 1 nitrogen and oxygen atoms in total. The largest absolute Gasteiger partial charge is 0.294 e. The van der Waals surface area contributed by atoms with Crippen molar-refractivity contribution in [3.63, 3.8) is 0 Å². The summed E-state index contributed by atoms with van der Waals surface area (Å²) in [4.78, 5) is 12.5. The van der Waals surface area contributed by atoms with Crippen molar-refractivity contribution in [1.29, 1.82) is 0 Å². The Balaban J connectivity index is 2.21. The van der Waals surface area contributed by atoms with E-state index >= 15 is 0 Å². The number of rotatable bonds is 3. The van der Waals surface area contributed by atoms with Gasteiger partial charge in [-0.3, -0.25) is 4.79 Å². The Labute approximate surface area is 116 Å². The molecule has 1 aromatic rings. The zero-order chi connectivity index (χ0) is 12.4. The molecule has 0 radical (unpaired) electrons. The number of halogens is 2. The van der Waals surface area contributed by atoms with Gasteiger partial charge in [0.05, 0.1) is 4.34 Å². The van der Waals surface area contributed by atoms with Crippen molar-refractivity contribution in [3.05, 3.63) is 20.3 Å². The summed E-state index contributed by atoms with van der Waals surface area (Å²) in [6, 6.07) is 1.72. The van der Waals surface area contributed by atoms with Gasteiger partial charge < -0.3 is 0 Å². The molecule has 1 aliphatic rings. The summed E-state index contributed by atoms with van der Waals surface area (Å²) >= 11 is 13.2. The minimum absolute atomic E-state index is 0.150. The van der Waals surface area contributed by atoms with Gasteiger partial charge in [-0.25, -0.2) is 0 Å². The summed E-state index contributed by atoms with van der Waals surface area (Å²) in [5.41, 5.74) is 0.631. The Morgan fingerprint density at radius 2 is 2.12 bits per heavy atom. The Morgan fingerprint density at radius 1 is 1.41 bits per heavy atom. The minimum Gasteiger partial charge on any atom is -0.294 e. The van der Waals surface area contributed by atoms with Crippen LogP contribution in [-0.4, -0.2) is 5.78 Å². The van der Waals surface area contributed by atoms with E-state index in [-0.39, 0.29) is 11.7 Å². The summed E-state index contributed by atoms with van der Waals surface area (Å²) < 4.78 is 1.14. The van der Waals surface area contributed by atoms with Gasteiger partial charge in [-0.05, 0) is 24.8 Å². The fourth-order valence-electron chi connectivity index (χ4n) is 2.75. The smallest absolute Gasteiger partial charge is 0.168 e. The number of hydrogen-bond donors (Lipinski definition) is 0. The molecule has 0 bridgehead atoms. The van der Waals surface area contributed by atoms with Crippen LogP contribution in [0.1, 0.15) is 49.4 Å². The molecule has 2 atom stereocenters. The van der Waals surface area contributed by atoms with Gasteiger partial charge in [0.25, 0.3) is 0 Å². The fraction of sp³-hybridized carbons (Fsp3) is 0.615. The van der Waals surface area contributed by atoms with E-state index in [9.17, 15) is 4.79 Å². The van der Waals surface area contributed by atoms with Gasteiger partial charge in [0, 0.05) is 11.5 Å². The van der Waals surface area contributed by atoms with Crippen LogP contribution in [0, 0.1) is 11.8 Å². The third kappa shape index (κ3) is 2.86. The predicted octanol–water partition coefficient (Wildman–Crippen LogP) is 5.45. The van der Waals surface area contributed by atoms with Gasteiger partial charge in [0.1, 0.15) is 4.34 Å². The highest BCUT2D eigenvalue weighted by Crippen LogP contribution is 2.38. The van der Waals surface area contributed by atoms with Crippen LogP contribution in [0.2, 0.25) is 8.67 Å². The monoisotopic (exact) mass is 290 g/mol. The SMILES string of the molecule is CCC1CCCCC1C(=O)c1cc(Cl)sc1Cl. The van der Waals surface area contributed by atoms with Crippen molar-refractivity contribution >= 4 is 40.3 Å². The molecule has 0 spiro atoms. The Bertz CT molecular complexity index is 414. The minimum atomic E-state index is 0.150. The first-order valence-corrected chi connectivity index (χ1v) is 7.69. The van der Waals surface area contributed by atoms with Crippen LogP contribution in [0.15, 0.2) is 6.07 Å². The molecule has 0 aliphatic heterocycles. The van der Waals surface area contributed by atoms with E-state index in [2.05, 4.69) is 6.92 Å². The Hall–Kier alpha value is -0.0500. The number of ketones is 1. The van der Waals surface area contributed by atoms with Crippen molar-refractivity contribution in [2.24, 2.45) is 11.8 Å². The van der Waals surface area contributed by atoms with E-state index in [1.54, 1.807) is 6.07 Å². The highest BCUT2D eigenvalue weighted by Gasteiger charge is 2.31. The van der Waals surface area contributed by atoms with E-state index < -0.39 is 0 Å². The predicted molar refractivity (Wildman–Crippen MR) is 74.4 cm³/mol. The number of carbonyl (C=O) groups excluding carboxylic acids is 1. The van der Waals surface area contributed by atoms with E-state index in [4.69, 9.17) is 23.2 Å². The first kappa shape index (κ1) is 13.4. The third-order valence-corrected chi connectivity index (χ3v) is 5.18. The van der Waals surface area contributed by atoms with Crippen LogP contribution in [0.3, 0.4) is 0 Å². The molecule has 4 heteroatoms.